The highest BCUT2D eigenvalue weighted by Gasteiger charge is 2.08. The summed E-state index contributed by atoms with van der Waals surface area (Å²) in [6.45, 7) is 3.61. The molecule has 1 rings (SSSR count). The second kappa shape index (κ2) is 5.39. The SMILES string of the molecule is CCCc1cccc(NC(C)=O)c1OC. The average Bonchev–Trinajstić information content (AvgIpc) is 2.18. The van der Waals surface area contributed by atoms with Crippen molar-refractivity contribution in [2.75, 3.05) is 12.4 Å². The van der Waals surface area contributed by atoms with Crippen LogP contribution in [0.3, 0.4) is 0 Å². The number of nitrogens with one attached hydrogen (secondary N) is 1. The summed E-state index contributed by atoms with van der Waals surface area (Å²) in [5.41, 5.74) is 1.88. The van der Waals surface area contributed by atoms with Crippen LogP contribution in [0.1, 0.15) is 25.8 Å². The number of rotatable bonds is 4. The highest BCUT2D eigenvalue weighted by Crippen LogP contribution is 2.29. The van der Waals surface area contributed by atoms with Crippen LogP contribution < -0.4 is 10.1 Å². The molecule has 0 aliphatic rings. The maximum Gasteiger partial charge on any atom is 0.221 e. The lowest BCUT2D eigenvalue weighted by Gasteiger charge is -2.12. The summed E-state index contributed by atoms with van der Waals surface area (Å²) >= 11 is 0. The Hall–Kier alpha value is -1.51. The van der Waals surface area contributed by atoms with Gasteiger partial charge in [-0.1, -0.05) is 25.5 Å². The van der Waals surface area contributed by atoms with Crippen LogP contribution in [-0.2, 0) is 11.2 Å². The molecule has 0 aliphatic carbocycles. The van der Waals surface area contributed by atoms with E-state index in [2.05, 4.69) is 12.2 Å². The van der Waals surface area contributed by atoms with Crippen molar-refractivity contribution in [1.29, 1.82) is 0 Å². The maximum absolute atomic E-state index is 11.0. The van der Waals surface area contributed by atoms with Crippen molar-refractivity contribution < 1.29 is 9.53 Å². The minimum Gasteiger partial charge on any atom is -0.494 e. The zero-order chi connectivity index (χ0) is 11.3. The van der Waals surface area contributed by atoms with Crippen molar-refractivity contribution in [3.05, 3.63) is 23.8 Å². The Kier molecular flexibility index (Phi) is 4.16. The Labute approximate surface area is 90.4 Å². The number of anilines is 1. The fourth-order valence-corrected chi connectivity index (χ4v) is 1.58. The van der Waals surface area contributed by atoms with Crippen molar-refractivity contribution in [1.82, 2.24) is 0 Å². The number of carbonyl (C=O) groups excluding carboxylic acids is 1. The summed E-state index contributed by atoms with van der Waals surface area (Å²) in [5, 5.41) is 2.76. The van der Waals surface area contributed by atoms with Crippen LogP contribution in [0.15, 0.2) is 18.2 Å². The first kappa shape index (κ1) is 11.6. The molecule has 0 heterocycles. The number of ether oxygens (including phenoxy) is 1. The van der Waals surface area contributed by atoms with Gasteiger partial charge in [-0.3, -0.25) is 4.79 Å². The molecule has 0 fully saturated rings. The van der Waals surface area contributed by atoms with Gasteiger partial charge < -0.3 is 10.1 Å². The molecule has 1 aromatic rings. The minimum absolute atomic E-state index is 0.0815. The molecular formula is C12H17NO2. The van der Waals surface area contributed by atoms with Crippen molar-refractivity contribution in [3.8, 4) is 5.75 Å². The van der Waals surface area contributed by atoms with E-state index in [1.807, 2.05) is 18.2 Å². The molecule has 0 saturated heterocycles. The number of amides is 1. The third kappa shape index (κ3) is 2.98. The van der Waals surface area contributed by atoms with Gasteiger partial charge in [-0.15, -0.1) is 0 Å². The number of hydrogen-bond acceptors (Lipinski definition) is 2. The fraction of sp³-hybridized carbons (Fsp3) is 0.417. The Morgan fingerprint density at radius 3 is 2.73 bits per heavy atom. The lowest BCUT2D eigenvalue weighted by atomic mass is 10.1. The predicted octanol–water partition coefficient (Wildman–Crippen LogP) is 2.61. The maximum atomic E-state index is 11.0. The van der Waals surface area contributed by atoms with Crippen LogP contribution in [0.2, 0.25) is 0 Å². The van der Waals surface area contributed by atoms with E-state index >= 15 is 0 Å². The topological polar surface area (TPSA) is 38.3 Å². The van der Waals surface area contributed by atoms with Gasteiger partial charge in [0.2, 0.25) is 5.91 Å². The first-order chi connectivity index (χ1) is 7.19. The molecule has 0 aliphatic heterocycles. The zero-order valence-corrected chi connectivity index (χ0v) is 9.46. The monoisotopic (exact) mass is 207 g/mol. The van der Waals surface area contributed by atoms with Gasteiger partial charge in [0.05, 0.1) is 12.8 Å². The van der Waals surface area contributed by atoms with Gasteiger partial charge in [0.25, 0.3) is 0 Å². The van der Waals surface area contributed by atoms with E-state index < -0.39 is 0 Å². The standard InChI is InChI=1S/C12H17NO2/c1-4-6-10-7-5-8-11(12(10)15-3)13-9(2)14/h5,7-8H,4,6H2,1-3H3,(H,13,14). The number of benzene rings is 1. The number of aryl methyl sites for hydroxylation is 1. The van der Waals surface area contributed by atoms with Crippen molar-refractivity contribution in [3.63, 3.8) is 0 Å². The summed E-state index contributed by atoms with van der Waals surface area (Å²) in [5.74, 6) is 0.691. The summed E-state index contributed by atoms with van der Waals surface area (Å²) in [6.07, 6.45) is 2.01. The Balaban J connectivity index is 3.04. The van der Waals surface area contributed by atoms with Gasteiger partial charge in [-0.25, -0.2) is 0 Å². The number of hydrogen-bond donors (Lipinski definition) is 1. The van der Waals surface area contributed by atoms with Gasteiger partial charge in [0, 0.05) is 6.92 Å². The molecule has 82 valence electrons. The van der Waals surface area contributed by atoms with Crippen LogP contribution in [0.4, 0.5) is 5.69 Å². The van der Waals surface area contributed by atoms with Crippen molar-refractivity contribution in [2.45, 2.75) is 26.7 Å². The second-order valence-electron chi connectivity index (χ2n) is 3.43. The summed E-state index contributed by atoms with van der Waals surface area (Å²) in [4.78, 5) is 11.0. The van der Waals surface area contributed by atoms with E-state index in [0.29, 0.717) is 0 Å². The lowest BCUT2D eigenvalue weighted by Crippen LogP contribution is -2.08. The summed E-state index contributed by atoms with van der Waals surface area (Å²) < 4.78 is 5.32. The molecule has 1 aromatic carbocycles. The first-order valence-electron chi connectivity index (χ1n) is 5.12. The van der Waals surface area contributed by atoms with Crippen LogP contribution in [0.25, 0.3) is 0 Å². The first-order valence-corrected chi connectivity index (χ1v) is 5.12. The highest BCUT2D eigenvalue weighted by atomic mass is 16.5. The fourth-order valence-electron chi connectivity index (χ4n) is 1.58. The number of methoxy groups -OCH3 is 1. The van der Waals surface area contributed by atoms with E-state index in [1.165, 1.54) is 6.92 Å². The predicted molar refractivity (Wildman–Crippen MR) is 61.3 cm³/mol. The molecule has 3 heteroatoms. The molecule has 1 amide bonds. The van der Waals surface area contributed by atoms with Crippen LogP contribution in [-0.4, -0.2) is 13.0 Å². The van der Waals surface area contributed by atoms with E-state index in [1.54, 1.807) is 7.11 Å². The van der Waals surface area contributed by atoms with E-state index in [4.69, 9.17) is 4.74 Å². The molecule has 0 radical (unpaired) electrons. The Morgan fingerprint density at radius 2 is 2.20 bits per heavy atom. The molecule has 0 saturated carbocycles. The molecule has 1 N–H and O–H groups in total. The van der Waals surface area contributed by atoms with Gasteiger partial charge in [0.15, 0.2) is 0 Å². The molecule has 0 aromatic heterocycles. The molecule has 0 spiro atoms. The van der Waals surface area contributed by atoms with Crippen molar-refractivity contribution >= 4 is 11.6 Å². The van der Waals surface area contributed by atoms with Gasteiger partial charge in [-0.2, -0.15) is 0 Å². The molecule has 0 unspecified atom stereocenters. The largest absolute Gasteiger partial charge is 0.494 e. The third-order valence-electron chi connectivity index (χ3n) is 2.13. The quantitative estimate of drug-likeness (QED) is 0.824. The molecule has 3 nitrogen and oxygen atoms in total. The molecule has 15 heavy (non-hydrogen) atoms. The summed E-state index contributed by atoms with van der Waals surface area (Å²) in [6, 6.07) is 5.80. The second-order valence-corrected chi connectivity index (χ2v) is 3.43. The zero-order valence-electron chi connectivity index (χ0n) is 9.46. The summed E-state index contributed by atoms with van der Waals surface area (Å²) in [7, 11) is 1.62. The smallest absolute Gasteiger partial charge is 0.221 e. The van der Waals surface area contributed by atoms with Crippen molar-refractivity contribution in [2.24, 2.45) is 0 Å². The number of carbonyl (C=O) groups is 1. The third-order valence-corrected chi connectivity index (χ3v) is 2.13. The molecular weight excluding hydrogens is 190 g/mol. The molecule has 0 atom stereocenters. The normalized spacial score (nSPS) is 9.80. The average molecular weight is 207 g/mol. The van der Waals surface area contributed by atoms with Gasteiger partial charge in [-0.05, 0) is 18.1 Å². The Morgan fingerprint density at radius 1 is 1.47 bits per heavy atom. The highest BCUT2D eigenvalue weighted by molar-refractivity contribution is 5.90. The van der Waals surface area contributed by atoms with E-state index in [-0.39, 0.29) is 5.91 Å². The van der Waals surface area contributed by atoms with Gasteiger partial charge in [0.1, 0.15) is 5.75 Å². The lowest BCUT2D eigenvalue weighted by molar-refractivity contribution is -0.114. The number of para-hydroxylation sites is 1. The molecule has 0 bridgehead atoms. The van der Waals surface area contributed by atoms with E-state index in [0.717, 1.165) is 29.8 Å². The van der Waals surface area contributed by atoms with Crippen LogP contribution >= 0.6 is 0 Å². The van der Waals surface area contributed by atoms with Gasteiger partial charge >= 0.3 is 0 Å². The minimum atomic E-state index is -0.0815. The van der Waals surface area contributed by atoms with E-state index in [9.17, 15) is 4.79 Å². The Bertz CT molecular complexity index is 347. The van der Waals surface area contributed by atoms with Crippen LogP contribution in [0, 0.1) is 0 Å². The van der Waals surface area contributed by atoms with Crippen LogP contribution in [0.5, 0.6) is 5.75 Å².